The van der Waals surface area contributed by atoms with Gasteiger partial charge in [-0.05, 0) is 25.0 Å². The second kappa shape index (κ2) is 7.00. The first-order valence-corrected chi connectivity index (χ1v) is 6.84. The zero-order valence-electron chi connectivity index (χ0n) is 11.3. The molecule has 1 aliphatic rings. The second-order valence-electron chi connectivity index (χ2n) is 4.83. The van der Waals surface area contributed by atoms with Gasteiger partial charge in [-0.2, -0.15) is 0 Å². The van der Waals surface area contributed by atoms with E-state index in [-0.39, 0.29) is 11.6 Å². The Morgan fingerprint density at radius 2 is 2.05 bits per heavy atom. The number of carboxylic acid groups (broad SMARTS) is 1. The SMILES string of the molecule is O=C(O)c1cccc(CNCCC(=O)N2CCCC2)n1. The van der Waals surface area contributed by atoms with Crippen molar-refractivity contribution >= 4 is 11.9 Å². The maximum Gasteiger partial charge on any atom is 0.354 e. The zero-order valence-corrected chi connectivity index (χ0v) is 11.3. The van der Waals surface area contributed by atoms with Gasteiger partial charge in [-0.1, -0.05) is 6.07 Å². The van der Waals surface area contributed by atoms with Crippen LogP contribution in [-0.2, 0) is 11.3 Å². The van der Waals surface area contributed by atoms with Crippen molar-refractivity contribution in [3.8, 4) is 0 Å². The fourth-order valence-electron chi connectivity index (χ4n) is 2.23. The average Bonchev–Trinajstić information content (AvgIpc) is 2.98. The molecule has 1 saturated heterocycles. The summed E-state index contributed by atoms with van der Waals surface area (Å²) < 4.78 is 0. The van der Waals surface area contributed by atoms with Crippen LogP contribution >= 0.6 is 0 Å². The van der Waals surface area contributed by atoms with Gasteiger partial charge in [-0.15, -0.1) is 0 Å². The monoisotopic (exact) mass is 277 g/mol. The number of carboxylic acids is 1. The summed E-state index contributed by atoms with van der Waals surface area (Å²) in [5.41, 5.74) is 0.705. The van der Waals surface area contributed by atoms with Crippen molar-refractivity contribution in [3.05, 3.63) is 29.6 Å². The number of aromatic nitrogens is 1. The van der Waals surface area contributed by atoms with Crippen molar-refractivity contribution in [2.24, 2.45) is 0 Å². The maximum atomic E-state index is 11.8. The Kier molecular flexibility index (Phi) is 5.06. The lowest BCUT2D eigenvalue weighted by molar-refractivity contribution is -0.130. The molecule has 6 nitrogen and oxygen atoms in total. The average molecular weight is 277 g/mol. The molecule has 1 amide bonds. The summed E-state index contributed by atoms with van der Waals surface area (Å²) >= 11 is 0. The standard InChI is InChI=1S/C14H19N3O3/c18-13(17-8-1-2-9-17)6-7-15-10-11-4-3-5-12(16-11)14(19)20/h3-5,15H,1-2,6-10H2,(H,19,20). The second-order valence-corrected chi connectivity index (χ2v) is 4.83. The largest absolute Gasteiger partial charge is 0.477 e. The van der Waals surface area contributed by atoms with Gasteiger partial charge in [0.25, 0.3) is 0 Å². The molecule has 0 spiro atoms. The van der Waals surface area contributed by atoms with Crippen LogP contribution in [0.2, 0.25) is 0 Å². The smallest absolute Gasteiger partial charge is 0.354 e. The first-order valence-electron chi connectivity index (χ1n) is 6.84. The van der Waals surface area contributed by atoms with Gasteiger partial charge >= 0.3 is 5.97 Å². The number of hydrogen-bond donors (Lipinski definition) is 2. The normalized spacial score (nSPS) is 14.5. The third-order valence-corrected chi connectivity index (χ3v) is 3.31. The molecule has 6 heteroatoms. The summed E-state index contributed by atoms with van der Waals surface area (Å²) in [6.45, 7) is 2.80. The number of hydrogen-bond acceptors (Lipinski definition) is 4. The first-order chi connectivity index (χ1) is 9.66. The van der Waals surface area contributed by atoms with E-state index in [0.717, 1.165) is 25.9 Å². The molecule has 1 aromatic heterocycles. The molecule has 2 rings (SSSR count). The molecule has 0 aliphatic carbocycles. The Labute approximate surface area is 117 Å². The van der Waals surface area contributed by atoms with Crippen molar-refractivity contribution in [3.63, 3.8) is 0 Å². The molecule has 2 heterocycles. The lowest BCUT2D eigenvalue weighted by Crippen LogP contribution is -2.30. The molecule has 1 fully saturated rings. The molecule has 0 saturated carbocycles. The zero-order chi connectivity index (χ0) is 14.4. The quantitative estimate of drug-likeness (QED) is 0.754. The van der Waals surface area contributed by atoms with Crippen molar-refractivity contribution in [1.82, 2.24) is 15.2 Å². The van der Waals surface area contributed by atoms with Crippen molar-refractivity contribution in [2.75, 3.05) is 19.6 Å². The maximum absolute atomic E-state index is 11.8. The molecule has 1 aliphatic heterocycles. The minimum Gasteiger partial charge on any atom is -0.477 e. The summed E-state index contributed by atoms with van der Waals surface area (Å²) in [5.74, 6) is -0.849. The summed E-state index contributed by atoms with van der Waals surface area (Å²) in [6.07, 6.45) is 2.68. The highest BCUT2D eigenvalue weighted by atomic mass is 16.4. The highest BCUT2D eigenvalue weighted by Gasteiger charge is 2.16. The van der Waals surface area contributed by atoms with Crippen LogP contribution in [0.5, 0.6) is 0 Å². The molecule has 0 bridgehead atoms. The minimum atomic E-state index is -1.03. The summed E-state index contributed by atoms with van der Waals surface area (Å²) in [5, 5.41) is 12.0. The summed E-state index contributed by atoms with van der Waals surface area (Å²) in [4.78, 5) is 28.5. The number of rotatable bonds is 6. The van der Waals surface area contributed by atoms with Gasteiger partial charge in [0.15, 0.2) is 0 Å². The predicted octanol–water partition coefficient (Wildman–Crippen LogP) is 0.882. The van der Waals surface area contributed by atoms with E-state index in [4.69, 9.17) is 5.11 Å². The Hall–Kier alpha value is -1.95. The number of amides is 1. The van der Waals surface area contributed by atoms with E-state index >= 15 is 0 Å². The van der Waals surface area contributed by atoms with Gasteiger partial charge in [0.05, 0.1) is 5.69 Å². The first kappa shape index (κ1) is 14.5. The molecule has 0 aromatic carbocycles. The lowest BCUT2D eigenvalue weighted by atomic mass is 10.3. The topological polar surface area (TPSA) is 82.5 Å². The molecule has 108 valence electrons. The summed E-state index contributed by atoms with van der Waals surface area (Å²) in [7, 11) is 0. The van der Waals surface area contributed by atoms with E-state index < -0.39 is 5.97 Å². The molecule has 0 radical (unpaired) electrons. The van der Waals surface area contributed by atoms with E-state index in [0.29, 0.717) is 25.2 Å². The van der Waals surface area contributed by atoms with Gasteiger partial charge in [-0.3, -0.25) is 4.79 Å². The van der Waals surface area contributed by atoms with Crippen LogP contribution in [0.25, 0.3) is 0 Å². The fraction of sp³-hybridized carbons (Fsp3) is 0.500. The Bertz CT molecular complexity index is 484. The van der Waals surface area contributed by atoms with Crippen LogP contribution in [-0.4, -0.2) is 46.5 Å². The van der Waals surface area contributed by atoms with Crippen LogP contribution in [0.3, 0.4) is 0 Å². The number of carbonyl (C=O) groups excluding carboxylic acids is 1. The molecule has 0 atom stereocenters. The molecular weight excluding hydrogens is 258 g/mol. The van der Waals surface area contributed by atoms with Gasteiger partial charge in [0.1, 0.15) is 5.69 Å². The van der Waals surface area contributed by atoms with Crippen LogP contribution in [0, 0.1) is 0 Å². The van der Waals surface area contributed by atoms with E-state index in [1.807, 2.05) is 4.90 Å². The Balaban J connectivity index is 1.71. The third-order valence-electron chi connectivity index (χ3n) is 3.31. The van der Waals surface area contributed by atoms with Gasteiger partial charge in [0.2, 0.25) is 5.91 Å². The van der Waals surface area contributed by atoms with E-state index in [9.17, 15) is 9.59 Å². The van der Waals surface area contributed by atoms with Gasteiger partial charge in [-0.25, -0.2) is 9.78 Å². The number of pyridine rings is 1. The number of nitrogens with zero attached hydrogens (tertiary/aromatic N) is 2. The van der Waals surface area contributed by atoms with E-state index in [1.54, 1.807) is 12.1 Å². The Morgan fingerprint density at radius 1 is 1.30 bits per heavy atom. The molecule has 2 N–H and O–H groups in total. The number of carbonyl (C=O) groups is 2. The predicted molar refractivity (Wildman–Crippen MR) is 73.3 cm³/mol. The van der Waals surface area contributed by atoms with Crippen LogP contribution < -0.4 is 5.32 Å². The Morgan fingerprint density at radius 3 is 2.75 bits per heavy atom. The number of likely N-dealkylation sites (tertiary alicyclic amines) is 1. The minimum absolute atomic E-state index is 0.0393. The van der Waals surface area contributed by atoms with Crippen LogP contribution in [0.15, 0.2) is 18.2 Å². The molecular formula is C14H19N3O3. The van der Waals surface area contributed by atoms with Crippen LogP contribution in [0.4, 0.5) is 0 Å². The van der Waals surface area contributed by atoms with Crippen LogP contribution in [0.1, 0.15) is 35.4 Å². The van der Waals surface area contributed by atoms with Crippen molar-refractivity contribution < 1.29 is 14.7 Å². The third kappa shape index (κ3) is 4.03. The summed E-state index contributed by atoms with van der Waals surface area (Å²) in [6, 6.07) is 4.90. The molecule has 0 unspecified atom stereocenters. The van der Waals surface area contributed by atoms with Crippen molar-refractivity contribution in [1.29, 1.82) is 0 Å². The highest BCUT2D eigenvalue weighted by molar-refractivity contribution is 5.85. The number of aromatic carboxylic acids is 1. The number of nitrogens with one attached hydrogen (secondary N) is 1. The molecule has 1 aromatic rings. The van der Waals surface area contributed by atoms with E-state index in [2.05, 4.69) is 10.3 Å². The van der Waals surface area contributed by atoms with Gasteiger partial charge < -0.3 is 15.3 Å². The lowest BCUT2D eigenvalue weighted by Gasteiger charge is -2.15. The highest BCUT2D eigenvalue weighted by Crippen LogP contribution is 2.08. The van der Waals surface area contributed by atoms with Gasteiger partial charge in [0, 0.05) is 32.6 Å². The van der Waals surface area contributed by atoms with E-state index in [1.165, 1.54) is 6.07 Å². The fourth-order valence-corrected chi connectivity index (χ4v) is 2.23. The van der Waals surface area contributed by atoms with Crippen molar-refractivity contribution in [2.45, 2.75) is 25.8 Å². The molecule has 20 heavy (non-hydrogen) atoms.